The van der Waals surface area contributed by atoms with Crippen LogP contribution in [0.25, 0.3) is 0 Å². The summed E-state index contributed by atoms with van der Waals surface area (Å²) in [5, 5.41) is 14.4. The van der Waals surface area contributed by atoms with Crippen molar-refractivity contribution in [2.24, 2.45) is 0 Å². The number of urea groups is 1. The molecular weight excluding hydrogens is 360 g/mol. The smallest absolute Gasteiger partial charge is 0.339 e. The minimum Gasteiger partial charge on any atom is -0.496 e. The Morgan fingerprint density at radius 1 is 0.821 bits per heavy atom. The third-order valence-corrected chi connectivity index (χ3v) is 3.76. The number of amides is 2. The number of para-hydroxylation sites is 1. The standard InChI is InChI=1S/C21H18N2O5/c1-27-19-13-15(10-11-18(19)20(24)25)23-21(26)22-14-6-5-9-17(12-14)28-16-7-3-2-4-8-16/h2-13H,1H3,(H,24,25)(H2,22,23,26). The highest BCUT2D eigenvalue weighted by Crippen LogP contribution is 2.25. The van der Waals surface area contributed by atoms with Crippen molar-refractivity contribution in [1.82, 2.24) is 0 Å². The van der Waals surface area contributed by atoms with Crippen molar-refractivity contribution in [1.29, 1.82) is 0 Å². The number of hydrogen-bond acceptors (Lipinski definition) is 4. The van der Waals surface area contributed by atoms with Crippen molar-refractivity contribution in [3.63, 3.8) is 0 Å². The van der Waals surface area contributed by atoms with Crippen molar-refractivity contribution in [2.75, 3.05) is 17.7 Å². The zero-order chi connectivity index (χ0) is 19.9. The van der Waals surface area contributed by atoms with E-state index in [1.165, 1.54) is 25.3 Å². The summed E-state index contributed by atoms with van der Waals surface area (Å²) in [5.41, 5.74) is 0.954. The SMILES string of the molecule is COc1cc(NC(=O)Nc2cccc(Oc3ccccc3)c2)ccc1C(=O)O. The molecule has 3 N–H and O–H groups in total. The van der Waals surface area contributed by atoms with Crippen LogP contribution in [0.1, 0.15) is 10.4 Å². The van der Waals surface area contributed by atoms with Crippen LogP contribution in [-0.4, -0.2) is 24.2 Å². The van der Waals surface area contributed by atoms with E-state index >= 15 is 0 Å². The lowest BCUT2D eigenvalue weighted by molar-refractivity contribution is 0.0693. The first-order valence-electron chi connectivity index (χ1n) is 8.37. The summed E-state index contributed by atoms with van der Waals surface area (Å²) in [4.78, 5) is 23.4. The van der Waals surface area contributed by atoms with Crippen molar-refractivity contribution >= 4 is 23.4 Å². The highest BCUT2D eigenvalue weighted by molar-refractivity contribution is 6.00. The molecule has 7 nitrogen and oxygen atoms in total. The van der Waals surface area contributed by atoms with Gasteiger partial charge >= 0.3 is 12.0 Å². The van der Waals surface area contributed by atoms with Crippen LogP contribution < -0.4 is 20.1 Å². The first kappa shape index (κ1) is 18.8. The van der Waals surface area contributed by atoms with Crippen molar-refractivity contribution in [2.45, 2.75) is 0 Å². The molecule has 0 bridgehead atoms. The van der Waals surface area contributed by atoms with Crippen LogP contribution >= 0.6 is 0 Å². The summed E-state index contributed by atoms with van der Waals surface area (Å²) in [6.07, 6.45) is 0. The van der Waals surface area contributed by atoms with E-state index in [1.807, 2.05) is 30.3 Å². The Kier molecular flexibility index (Phi) is 5.76. The number of methoxy groups -OCH3 is 1. The molecule has 0 saturated heterocycles. The quantitative estimate of drug-likeness (QED) is 0.571. The van der Waals surface area contributed by atoms with Crippen LogP contribution in [0.2, 0.25) is 0 Å². The second kappa shape index (κ2) is 8.59. The molecule has 0 aromatic heterocycles. The van der Waals surface area contributed by atoms with E-state index in [-0.39, 0.29) is 11.3 Å². The second-order valence-corrected chi connectivity index (χ2v) is 5.74. The Hall–Kier alpha value is -4.00. The van der Waals surface area contributed by atoms with Gasteiger partial charge in [-0.25, -0.2) is 9.59 Å². The van der Waals surface area contributed by atoms with E-state index in [2.05, 4.69) is 10.6 Å². The van der Waals surface area contributed by atoms with Crippen LogP contribution in [0.3, 0.4) is 0 Å². The second-order valence-electron chi connectivity index (χ2n) is 5.74. The van der Waals surface area contributed by atoms with Crippen LogP contribution in [0.4, 0.5) is 16.2 Å². The Labute approximate surface area is 161 Å². The molecule has 0 atom stereocenters. The maximum Gasteiger partial charge on any atom is 0.339 e. The maximum absolute atomic E-state index is 12.2. The van der Waals surface area contributed by atoms with Crippen LogP contribution in [0.15, 0.2) is 72.8 Å². The predicted molar refractivity (Wildman–Crippen MR) is 106 cm³/mol. The number of aromatic carboxylic acids is 1. The summed E-state index contributed by atoms with van der Waals surface area (Å²) in [5.74, 6) is 0.317. The van der Waals surface area contributed by atoms with E-state index in [0.717, 1.165) is 0 Å². The van der Waals surface area contributed by atoms with Gasteiger partial charge < -0.3 is 25.2 Å². The summed E-state index contributed by atoms with van der Waals surface area (Å²) >= 11 is 0. The Morgan fingerprint density at radius 3 is 2.18 bits per heavy atom. The lowest BCUT2D eigenvalue weighted by Gasteiger charge is -2.11. The molecule has 3 aromatic rings. The topological polar surface area (TPSA) is 96.9 Å². The minimum atomic E-state index is -1.11. The fourth-order valence-electron chi connectivity index (χ4n) is 2.50. The van der Waals surface area contributed by atoms with Crippen LogP contribution in [0, 0.1) is 0 Å². The van der Waals surface area contributed by atoms with Gasteiger partial charge in [-0.3, -0.25) is 0 Å². The number of benzene rings is 3. The van der Waals surface area contributed by atoms with Crippen LogP contribution in [0.5, 0.6) is 17.2 Å². The summed E-state index contributed by atoms with van der Waals surface area (Å²) in [6.45, 7) is 0. The number of carboxylic acid groups (broad SMARTS) is 1. The molecule has 142 valence electrons. The molecule has 3 rings (SSSR count). The largest absolute Gasteiger partial charge is 0.496 e. The van der Waals surface area contributed by atoms with E-state index in [1.54, 1.807) is 24.3 Å². The first-order valence-corrected chi connectivity index (χ1v) is 8.37. The Bertz CT molecular complexity index is 989. The molecule has 0 radical (unpaired) electrons. The average Bonchev–Trinajstić information content (AvgIpc) is 2.68. The molecule has 0 saturated carbocycles. The molecule has 28 heavy (non-hydrogen) atoms. The van der Waals surface area contributed by atoms with Crippen molar-refractivity contribution in [3.8, 4) is 17.2 Å². The highest BCUT2D eigenvalue weighted by Gasteiger charge is 2.12. The van der Waals surface area contributed by atoms with E-state index in [4.69, 9.17) is 14.6 Å². The lowest BCUT2D eigenvalue weighted by Crippen LogP contribution is -2.19. The number of carboxylic acids is 1. The number of hydrogen-bond donors (Lipinski definition) is 3. The Morgan fingerprint density at radius 2 is 1.50 bits per heavy atom. The number of carbonyl (C=O) groups is 2. The number of ether oxygens (including phenoxy) is 2. The van der Waals surface area contributed by atoms with Gasteiger partial charge in [-0.05, 0) is 36.4 Å². The van der Waals surface area contributed by atoms with Crippen molar-refractivity contribution < 1.29 is 24.2 Å². The molecular formula is C21H18N2O5. The number of nitrogens with one attached hydrogen (secondary N) is 2. The molecule has 0 heterocycles. The molecule has 3 aromatic carbocycles. The van der Waals surface area contributed by atoms with Gasteiger partial charge in [-0.1, -0.05) is 24.3 Å². The van der Waals surface area contributed by atoms with Crippen LogP contribution in [-0.2, 0) is 0 Å². The van der Waals surface area contributed by atoms with Gasteiger partial charge in [0, 0.05) is 23.5 Å². The fourth-order valence-corrected chi connectivity index (χ4v) is 2.50. The van der Waals surface area contributed by atoms with Gasteiger partial charge in [0.25, 0.3) is 0 Å². The average molecular weight is 378 g/mol. The van der Waals surface area contributed by atoms with E-state index in [9.17, 15) is 9.59 Å². The molecule has 0 fully saturated rings. The normalized spacial score (nSPS) is 10.0. The third kappa shape index (κ3) is 4.79. The fraction of sp³-hybridized carbons (Fsp3) is 0.0476. The van der Waals surface area contributed by atoms with Gasteiger partial charge in [-0.15, -0.1) is 0 Å². The van der Waals surface area contributed by atoms with E-state index in [0.29, 0.717) is 22.9 Å². The molecule has 0 unspecified atom stereocenters. The summed E-state index contributed by atoms with van der Waals surface area (Å²) in [6, 6.07) is 20.1. The van der Waals surface area contributed by atoms with Crippen molar-refractivity contribution in [3.05, 3.63) is 78.4 Å². The van der Waals surface area contributed by atoms with Gasteiger partial charge in [0.05, 0.1) is 7.11 Å². The molecule has 0 aliphatic carbocycles. The third-order valence-electron chi connectivity index (χ3n) is 3.76. The zero-order valence-electron chi connectivity index (χ0n) is 15.0. The summed E-state index contributed by atoms with van der Waals surface area (Å²) < 4.78 is 10.8. The predicted octanol–water partition coefficient (Wildman–Crippen LogP) is 4.83. The number of carbonyl (C=O) groups excluding carboxylic acids is 1. The molecule has 7 heteroatoms. The zero-order valence-corrected chi connectivity index (χ0v) is 15.0. The minimum absolute atomic E-state index is 0.0132. The monoisotopic (exact) mass is 378 g/mol. The Balaban J connectivity index is 1.66. The van der Waals surface area contributed by atoms with Gasteiger partial charge in [0.1, 0.15) is 22.8 Å². The van der Waals surface area contributed by atoms with E-state index < -0.39 is 12.0 Å². The highest BCUT2D eigenvalue weighted by atomic mass is 16.5. The van der Waals surface area contributed by atoms with Gasteiger partial charge in [0.2, 0.25) is 0 Å². The molecule has 0 aliphatic heterocycles. The number of anilines is 2. The molecule has 2 amide bonds. The molecule has 0 spiro atoms. The van der Waals surface area contributed by atoms with Gasteiger partial charge in [-0.2, -0.15) is 0 Å². The number of rotatable bonds is 6. The lowest BCUT2D eigenvalue weighted by atomic mass is 10.2. The maximum atomic E-state index is 12.2. The van der Waals surface area contributed by atoms with Gasteiger partial charge in [0.15, 0.2) is 0 Å². The summed E-state index contributed by atoms with van der Waals surface area (Å²) in [7, 11) is 1.36. The molecule has 0 aliphatic rings. The first-order chi connectivity index (χ1) is 13.5.